The topological polar surface area (TPSA) is 43.4 Å². The Morgan fingerprint density at radius 2 is 1.62 bits per heavy atom. The van der Waals surface area contributed by atoms with Crippen molar-refractivity contribution in [1.29, 1.82) is 0 Å². The molecule has 1 amide bonds. The highest BCUT2D eigenvalue weighted by Gasteiger charge is 2.50. The number of benzene rings is 2. The lowest BCUT2D eigenvalue weighted by Crippen LogP contribution is -2.56. The van der Waals surface area contributed by atoms with Crippen molar-refractivity contribution < 1.29 is 18.8 Å². The van der Waals surface area contributed by atoms with E-state index in [0.29, 0.717) is 6.54 Å². The molecule has 24 heavy (non-hydrogen) atoms. The van der Waals surface area contributed by atoms with Gasteiger partial charge < -0.3 is 4.74 Å². The summed E-state index contributed by atoms with van der Waals surface area (Å²) >= 11 is 0. The fourth-order valence-electron chi connectivity index (χ4n) is 3.75. The summed E-state index contributed by atoms with van der Waals surface area (Å²) < 4.78 is 4.95. The van der Waals surface area contributed by atoms with Crippen LogP contribution in [-0.2, 0) is 9.53 Å². The summed E-state index contributed by atoms with van der Waals surface area (Å²) in [7, 11) is 1.36. The van der Waals surface area contributed by atoms with Crippen LogP contribution in [0.4, 0.5) is 4.79 Å². The maximum atomic E-state index is 12.8. The van der Waals surface area contributed by atoms with Crippen LogP contribution in [0, 0.1) is 0 Å². The number of ether oxygens (including phenoxy) is 1. The number of amides is 1. The average molecular weight is 322 g/mol. The Balaban J connectivity index is 2.29. The molecule has 2 aromatic rings. The van der Waals surface area contributed by atoms with Crippen molar-refractivity contribution in [3.05, 3.63) is 72.3 Å². The predicted octanol–water partition coefficient (Wildman–Crippen LogP) is 3.72. The molecular weight excluding hydrogens is 302 g/mol. The van der Waals surface area contributed by atoms with Crippen LogP contribution in [0.3, 0.4) is 0 Å². The molecule has 0 aliphatic heterocycles. The number of hydrogen-bond acceptors (Lipinski definition) is 3. The van der Waals surface area contributed by atoms with Gasteiger partial charge in [-0.1, -0.05) is 55.1 Å². The van der Waals surface area contributed by atoms with Crippen LogP contribution in [-0.4, -0.2) is 37.1 Å². The number of carbonyl (C=O) groups is 2. The lowest BCUT2D eigenvalue weighted by atomic mass is 10.0. The van der Waals surface area contributed by atoms with Crippen LogP contribution in [0.5, 0.6) is 0 Å². The zero-order chi connectivity index (χ0) is 17.2. The second-order valence-electron chi connectivity index (χ2n) is 5.90. The maximum absolute atomic E-state index is 12.8. The van der Waals surface area contributed by atoms with Gasteiger partial charge in [-0.2, -0.15) is 4.79 Å². The van der Waals surface area contributed by atoms with Crippen molar-refractivity contribution in [2.24, 2.45) is 0 Å². The summed E-state index contributed by atoms with van der Waals surface area (Å²) in [5.74, 6) is 0. The maximum Gasteiger partial charge on any atom is 0.517 e. The number of aldehydes is 1. The van der Waals surface area contributed by atoms with Gasteiger partial charge in [0.05, 0.1) is 7.11 Å². The number of rotatable bonds is 5. The Morgan fingerprint density at radius 3 is 2.08 bits per heavy atom. The third-order valence-corrected chi connectivity index (χ3v) is 4.69. The van der Waals surface area contributed by atoms with Crippen molar-refractivity contribution in [2.45, 2.75) is 6.04 Å². The Morgan fingerprint density at radius 1 is 1.08 bits per heavy atom. The van der Waals surface area contributed by atoms with Gasteiger partial charge in [-0.3, -0.25) is 4.79 Å². The summed E-state index contributed by atoms with van der Waals surface area (Å²) in [5.41, 5.74) is 4.26. The van der Waals surface area contributed by atoms with Gasteiger partial charge in [-0.25, -0.2) is 4.48 Å². The highest BCUT2D eigenvalue weighted by atomic mass is 16.5. The Labute approximate surface area is 141 Å². The summed E-state index contributed by atoms with van der Waals surface area (Å²) in [6.07, 6.45) is 2.02. The molecular formula is C20H20NO3+. The first-order valence-corrected chi connectivity index (χ1v) is 7.87. The molecule has 0 radical (unpaired) electrons. The molecule has 0 heterocycles. The molecule has 0 aromatic heterocycles. The van der Waals surface area contributed by atoms with E-state index in [4.69, 9.17) is 4.74 Å². The number of hydrogen-bond donors (Lipinski definition) is 0. The van der Waals surface area contributed by atoms with Crippen LogP contribution in [0.2, 0.25) is 0 Å². The first-order valence-electron chi connectivity index (χ1n) is 7.87. The van der Waals surface area contributed by atoms with Crippen LogP contribution in [0.25, 0.3) is 11.1 Å². The fraction of sp³-hybridized carbons (Fsp3) is 0.200. The normalized spacial score (nSPS) is 15.0. The third kappa shape index (κ3) is 2.27. The molecule has 4 heteroatoms. The average Bonchev–Trinajstić information content (AvgIpc) is 2.96. The van der Waals surface area contributed by atoms with Crippen molar-refractivity contribution in [2.75, 3.05) is 20.2 Å². The largest absolute Gasteiger partial charge is 0.517 e. The van der Waals surface area contributed by atoms with E-state index in [1.807, 2.05) is 36.4 Å². The second-order valence-corrected chi connectivity index (χ2v) is 5.90. The highest BCUT2D eigenvalue weighted by molar-refractivity contribution is 5.79. The van der Waals surface area contributed by atoms with E-state index in [1.54, 1.807) is 6.08 Å². The standard InChI is InChI=1S/C20H20NO3/c1-3-12-21(13-14-22,20(23)24-2)19-17-10-6-4-8-15(17)16-9-5-7-11-18(16)19/h3-11,14,19H,1,12-13H2,2H3/q+1. The Bertz CT molecular complexity index is 741. The molecule has 0 fully saturated rings. The van der Waals surface area contributed by atoms with Gasteiger partial charge in [0.2, 0.25) is 0 Å². The van der Waals surface area contributed by atoms with Gasteiger partial charge >= 0.3 is 6.09 Å². The number of fused-ring (bicyclic) bond motifs is 3. The molecule has 2 aromatic carbocycles. The van der Waals surface area contributed by atoms with E-state index >= 15 is 0 Å². The zero-order valence-electron chi connectivity index (χ0n) is 13.6. The first-order chi connectivity index (χ1) is 11.7. The van der Waals surface area contributed by atoms with Crippen molar-refractivity contribution in [1.82, 2.24) is 0 Å². The van der Waals surface area contributed by atoms with Gasteiger partial charge in [-0.15, -0.1) is 0 Å². The van der Waals surface area contributed by atoms with E-state index in [-0.39, 0.29) is 17.1 Å². The van der Waals surface area contributed by atoms with Crippen LogP contribution >= 0.6 is 0 Å². The SMILES string of the molecule is C=CC[N+](CC=O)(C(=O)OC)C1c2ccccc2-c2ccccc21. The van der Waals surface area contributed by atoms with Crippen LogP contribution < -0.4 is 0 Å². The zero-order valence-corrected chi connectivity index (χ0v) is 13.6. The molecule has 122 valence electrons. The molecule has 4 nitrogen and oxygen atoms in total. The molecule has 1 unspecified atom stereocenters. The van der Waals surface area contributed by atoms with E-state index in [2.05, 4.69) is 18.7 Å². The summed E-state index contributed by atoms with van der Waals surface area (Å²) in [6, 6.07) is 15.7. The molecule has 1 aliphatic carbocycles. The quantitative estimate of drug-likeness (QED) is 0.479. The molecule has 0 bridgehead atoms. The van der Waals surface area contributed by atoms with Crippen LogP contribution in [0.1, 0.15) is 17.2 Å². The Hall–Kier alpha value is -2.72. The molecule has 0 spiro atoms. The predicted molar refractivity (Wildman–Crippen MR) is 92.4 cm³/mol. The smallest absolute Gasteiger partial charge is 0.423 e. The molecule has 1 atom stereocenters. The van der Waals surface area contributed by atoms with Gasteiger partial charge in [0.15, 0.2) is 12.3 Å². The van der Waals surface area contributed by atoms with Gasteiger partial charge in [-0.05, 0) is 17.2 Å². The van der Waals surface area contributed by atoms with Gasteiger partial charge in [0.1, 0.15) is 13.1 Å². The minimum absolute atomic E-state index is 0.0338. The lowest BCUT2D eigenvalue weighted by molar-refractivity contribution is -0.868. The fourth-order valence-corrected chi connectivity index (χ4v) is 3.75. The van der Waals surface area contributed by atoms with Crippen LogP contribution in [0.15, 0.2) is 61.2 Å². The molecule has 0 saturated carbocycles. The van der Waals surface area contributed by atoms with Gasteiger partial charge in [0.25, 0.3) is 0 Å². The lowest BCUT2D eigenvalue weighted by Gasteiger charge is -2.37. The molecule has 0 saturated heterocycles. The molecule has 1 aliphatic rings. The number of quaternary nitrogens is 1. The van der Waals surface area contributed by atoms with Crippen molar-refractivity contribution >= 4 is 12.4 Å². The molecule has 0 N–H and O–H groups in total. The first kappa shape index (κ1) is 16.1. The number of nitrogens with zero attached hydrogens (tertiary/aromatic N) is 1. The second kappa shape index (κ2) is 6.42. The summed E-state index contributed by atoms with van der Waals surface area (Å²) in [6.45, 7) is 4.14. The van der Waals surface area contributed by atoms with E-state index in [0.717, 1.165) is 28.5 Å². The highest BCUT2D eigenvalue weighted by Crippen LogP contribution is 2.49. The van der Waals surface area contributed by atoms with Crippen molar-refractivity contribution in [3.8, 4) is 11.1 Å². The minimum atomic E-state index is -0.432. The number of methoxy groups -OCH3 is 1. The number of carbonyl (C=O) groups excluding carboxylic acids is 2. The molecule has 3 rings (SSSR count). The van der Waals surface area contributed by atoms with Crippen molar-refractivity contribution in [3.63, 3.8) is 0 Å². The van der Waals surface area contributed by atoms with E-state index in [9.17, 15) is 9.59 Å². The summed E-state index contributed by atoms with van der Waals surface area (Å²) in [5, 5.41) is 0. The Kier molecular flexibility index (Phi) is 4.32. The minimum Gasteiger partial charge on any atom is -0.423 e. The van der Waals surface area contributed by atoms with Gasteiger partial charge in [0, 0.05) is 11.1 Å². The van der Waals surface area contributed by atoms with E-state index < -0.39 is 6.09 Å². The third-order valence-electron chi connectivity index (χ3n) is 4.69. The monoisotopic (exact) mass is 322 g/mol. The summed E-state index contributed by atoms with van der Waals surface area (Å²) in [4.78, 5) is 24.2. The van der Waals surface area contributed by atoms with E-state index in [1.165, 1.54) is 7.11 Å².